The Morgan fingerprint density at radius 2 is 0.569 bits per heavy atom. The maximum absolute atomic E-state index is 11.1. The summed E-state index contributed by atoms with van der Waals surface area (Å²) in [6.07, 6.45) is 0. The minimum atomic E-state index is -1.03. The number of aromatic carboxylic acids is 4. The van der Waals surface area contributed by atoms with Crippen LogP contribution < -0.4 is 0 Å². The molecule has 0 bridgehead atoms. The van der Waals surface area contributed by atoms with Gasteiger partial charge in [-0.3, -0.25) is 0 Å². The zero-order valence-corrected chi connectivity index (χ0v) is 25.8. The molecule has 8 aromatic rings. The van der Waals surface area contributed by atoms with Gasteiger partial charge in [-0.2, -0.15) is 0 Å². The zero-order chi connectivity index (χ0) is 35.8. The second-order valence-electron chi connectivity index (χ2n) is 11.0. The predicted octanol–water partition coefficient (Wildman–Crippen LogP) is 12.0. The number of hydrogen-bond donors (Lipinski definition) is 4. The van der Waals surface area contributed by atoms with Crippen molar-refractivity contribution in [1.82, 2.24) is 15.0 Å². The molecular formula is C44H49N3O11. The Kier molecular flexibility index (Phi) is 17.7. The number of aromatic nitrogens is 3. The number of fused-ring (bicyclic) bond motifs is 3. The van der Waals surface area contributed by atoms with Crippen LogP contribution in [0.15, 0.2) is 116 Å². The van der Waals surface area contributed by atoms with E-state index in [9.17, 15) is 19.2 Å². The molecule has 0 fully saturated rings. The largest absolute Gasteiger partial charge is 0.478 e. The molecule has 0 aliphatic rings. The number of nitrogens with zero attached hydrogens (tertiary/aromatic N) is 3. The van der Waals surface area contributed by atoms with E-state index in [0.29, 0.717) is 67.7 Å². The fraction of sp³-hybridized carbons (Fsp3) is 0.159. The summed E-state index contributed by atoms with van der Waals surface area (Å²) in [5, 5.41) is 36.0. The van der Waals surface area contributed by atoms with Gasteiger partial charge in [0.25, 0.3) is 0 Å². The van der Waals surface area contributed by atoms with Gasteiger partial charge < -0.3 is 33.7 Å². The highest BCUT2D eigenvalue weighted by atomic mass is 16.4. The maximum Gasteiger partial charge on any atom is 0.335 e. The lowest BCUT2D eigenvalue weighted by Gasteiger charge is -1.97. The fourth-order valence-electron chi connectivity index (χ4n) is 5.06. The highest BCUT2D eigenvalue weighted by Crippen LogP contribution is 2.30. The molecule has 306 valence electrons. The smallest absolute Gasteiger partial charge is 0.335 e. The van der Waals surface area contributed by atoms with Crippen molar-refractivity contribution in [3.05, 3.63) is 125 Å². The van der Waals surface area contributed by atoms with E-state index in [1.807, 2.05) is 0 Å². The first-order valence-electron chi connectivity index (χ1n) is 14.9. The Bertz CT molecular complexity index is 2540. The van der Waals surface area contributed by atoms with Crippen molar-refractivity contribution in [2.24, 2.45) is 0 Å². The molecular weight excluding hydrogens is 746 g/mol. The fourth-order valence-corrected chi connectivity index (χ4v) is 5.06. The monoisotopic (exact) mass is 795 g/mol. The topological polar surface area (TPSA) is 227 Å². The van der Waals surface area contributed by atoms with Crippen LogP contribution in [0.4, 0.5) is 0 Å². The van der Waals surface area contributed by atoms with Crippen molar-refractivity contribution in [1.29, 1.82) is 0 Å². The van der Waals surface area contributed by atoms with Gasteiger partial charge in [-0.05, 0) is 103 Å². The van der Waals surface area contributed by atoms with Gasteiger partial charge in [0.1, 0.15) is 16.6 Å². The van der Waals surface area contributed by atoms with Crippen LogP contribution in [0.2, 0.25) is 0 Å². The Labute approximate surface area is 336 Å². The Morgan fingerprint density at radius 3 is 0.810 bits per heavy atom. The molecule has 3 aromatic heterocycles. The van der Waals surface area contributed by atoms with Crippen LogP contribution in [-0.2, 0) is 0 Å². The molecule has 8 rings (SSSR count). The Balaban J connectivity index is 0.00000105. The number of benzene rings is 5. The first-order chi connectivity index (χ1) is 24.5. The van der Waals surface area contributed by atoms with Crippen LogP contribution in [0.25, 0.3) is 67.7 Å². The maximum atomic E-state index is 11.1. The van der Waals surface area contributed by atoms with Gasteiger partial charge in [0.05, 0.1) is 22.3 Å². The molecule has 0 unspecified atom stereocenters. The van der Waals surface area contributed by atoms with Crippen molar-refractivity contribution in [3.8, 4) is 34.4 Å². The van der Waals surface area contributed by atoms with Gasteiger partial charge in [0.15, 0.2) is 16.7 Å². The minimum Gasteiger partial charge on any atom is -0.478 e. The molecule has 5 aromatic carbocycles. The minimum absolute atomic E-state index is 0. The normalized spacial score (nSPS) is 9.66. The quantitative estimate of drug-likeness (QED) is 0.118. The van der Waals surface area contributed by atoms with Crippen LogP contribution in [0.5, 0.6) is 0 Å². The molecule has 0 saturated heterocycles. The summed E-state index contributed by atoms with van der Waals surface area (Å²) >= 11 is 0. The van der Waals surface area contributed by atoms with E-state index in [-0.39, 0.29) is 74.2 Å². The van der Waals surface area contributed by atoms with Crippen molar-refractivity contribution < 1.29 is 52.9 Å². The standard InChI is InChI=1S/C22H12N2O6.C15H9NO5.7CH4/c25-21(26)13-5-7-17-15(9-13)23-19(29-17)11-1-2-12(4-3-11)20-24-16-10-14(22(27)28)6-8-18(16)30-20;17-14(18)9-3-1-8(2-4-9)13-16-11-7-10(15(19)20)5-6-12(11)21-13;;;;;;;/h1-10H,(H,25,26)(H,27,28);1-7H,(H,17,18)(H,19,20);7*1H4. The molecule has 0 aliphatic carbocycles. The summed E-state index contributed by atoms with van der Waals surface area (Å²) in [5.74, 6) is -3.06. The van der Waals surface area contributed by atoms with Gasteiger partial charge in [0.2, 0.25) is 17.7 Å². The highest BCUT2D eigenvalue weighted by molar-refractivity contribution is 5.94. The van der Waals surface area contributed by atoms with Crippen LogP contribution in [-0.4, -0.2) is 59.3 Å². The van der Waals surface area contributed by atoms with Crippen LogP contribution in [0.3, 0.4) is 0 Å². The number of carboxylic acids is 4. The van der Waals surface area contributed by atoms with E-state index < -0.39 is 23.9 Å². The molecule has 3 heterocycles. The molecule has 0 radical (unpaired) electrons. The SMILES string of the molecule is C.C.C.C.C.C.C.O=C(O)c1ccc(-c2nc3cc(C(=O)O)ccc3o2)cc1.O=C(O)c1ccc2oc(-c3ccc(-c4nc5cc(C(=O)O)ccc5o4)cc3)nc2c1. The molecule has 0 spiro atoms. The van der Waals surface area contributed by atoms with E-state index in [2.05, 4.69) is 15.0 Å². The summed E-state index contributed by atoms with van der Waals surface area (Å²) < 4.78 is 17.0. The van der Waals surface area contributed by atoms with Gasteiger partial charge in [-0.15, -0.1) is 0 Å². The van der Waals surface area contributed by atoms with Gasteiger partial charge in [-0.25, -0.2) is 34.1 Å². The average molecular weight is 796 g/mol. The van der Waals surface area contributed by atoms with Crippen molar-refractivity contribution in [2.45, 2.75) is 52.0 Å². The molecule has 0 atom stereocenters. The summed E-state index contributed by atoms with van der Waals surface area (Å²) in [5.41, 5.74) is 5.42. The summed E-state index contributed by atoms with van der Waals surface area (Å²) in [6.45, 7) is 0. The lowest BCUT2D eigenvalue weighted by atomic mass is 10.1. The van der Waals surface area contributed by atoms with E-state index in [1.165, 1.54) is 48.5 Å². The number of oxazole rings is 3. The lowest BCUT2D eigenvalue weighted by Crippen LogP contribution is -1.95. The third-order valence-corrected chi connectivity index (χ3v) is 7.66. The lowest BCUT2D eigenvalue weighted by molar-refractivity contribution is 0.0686. The summed E-state index contributed by atoms with van der Waals surface area (Å²) in [4.78, 5) is 56.9. The van der Waals surface area contributed by atoms with Crippen molar-refractivity contribution in [3.63, 3.8) is 0 Å². The third kappa shape index (κ3) is 10.2. The number of carboxylic acid groups (broad SMARTS) is 4. The highest BCUT2D eigenvalue weighted by Gasteiger charge is 2.15. The molecule has 4 N–H and O–H groups in total. The van der Waals surface area contributed by atoms with Crippen molar-refractivity contribution in [2.75, 3.05) is 0 Å². The summed E-state index contributed by atoms with van der Waals surface area (Å²) in [6, 6.07) is 26.6. The molecule has 14 heteroatoms. The average Bonchev–Trinajstić information content (AvgIpc) is 3.87. The number of carbonyl (C=O) groups is 4. The first-order valence-corrected chi connectivity index (χ1v) is 14.9. The Hall–Kier alpha value is -7.61. The van der Waals surface area contributed by atoms with E-state index >= 15 is 0 Å². The second-order valence-corrected chi connectivity index (χ2v) is 11.0. The van der Waals surface area contributed by atoms with E-state index in [4.69, 9.17) is 33.7 Å². The molecule has 0 aliphatic heterocycles. The van der Waals surface area contributed by atoms with Crippen LogP contribution in [0.1, 0.15) is 93.4 Å². The zero-order valence-electron chi connectivity index (χ0n) is 25.8. The Morgan fingerprint density at radius 1 is 0.345 bits per heavy atom. The first kappa shape index (κ1) is 50.4. The van der Waals surface area contributed by atoms with Gasteiger partial charge in [-0.1, -0.05) is 52.0 Å². The van der Waals surface area contributed by atoms with Crippen LogP contribution >= 0.6 is 0 Å². The third-order valence-electron chi connectivity index (χ3n) is 7.66. The van der Waals surface area contributed by atoms with Gasteiger partial charge in [0, 0.05) is 16.7 Å². The molecule has 0 amide bonds. The van der Waals surface area contributed by atoms with Gasteiger partial charge >= 0.3 is 23.9 Å². The van der Waals surface area contributed by atoms with Crippen molar-refractivity contribution >= 4 is 57.2 Å². The molecule has 58 heavy (non-hydrogen) atoms. The van der Waals surface area contributed by atoms with E-state index in [0.717, 1.165) is 0 Å². The molecule has 14 nitrogen and oxygen atoms in total. The van der Waals surface area contributed by atoms with E-state index in [1.54, 1.807) is 54.6 Å². The number of rotatable bonds is 7. The number of hydrogen-bond acceptors (Lipinski definition) is 10. The van der Waals surface area contributed by atoms with Crippen LogP contribution in [0, 0.1) is 0 Å². The molecule has 0 saturated carbocycles. The summed E-state index contributed by atoms with van der Waals surface area (Å²) in [7, 11) is 0. The predicted molar refractivity (Wildman–Crippen MR) is 227 cm³/mol. The second kappa shape index (κ2) is 20.3.